The van der Waals surface area contributed by atoms with Crippen molar-refractivity contribution >= 4 is 0 Å². The smallest absolute Gasteiger partial charge is 0.123 e. The van der Waals surface area contributed by atoms with Crippen molar-refractivity contribution in [2.45, 2.75) is 38.3 Å². The standard InChI is InChI=1S/C16H20FN3/c17-14-5-3-4-13(10-14)7-9-20-12-18-11-16(20)15-6-1-2-8-19-15/h3-5,10-12,15,19H,1-2,6-9H2. The van der Waals surface area contributed by atoms with Gasteiger partial charge in [0.2, 0.25) is 0 Å². The van der Waals surface area contributed by atoms with Crippen LogP contribution in [0.25, 0.3) is 0 Å². The quantitative estimate of drug-likeness (QED) is 0.927. The number of piperidine rings is 1. The molecule has 1 unspecified atom stereocenters. The predicted octanol–water partition coefficient (Wildman–Crippen LogP) is 3.08. The van der Waals surface area contributed by atoms with Crippen molar-refractivity contribution in [1.29, 1.82) is 0 Å². The summed E-state index contributed by atoms with van der Waals surface area (Å²) in [4.78, 5) is 4.28. The summed E-state index contributed by atoms with van der Waals surface area (Å²) in [6.07, 6.45) is 8.36. The Morgan fingerprint density at radius 1 is 1.35 bits per heavy atom. The van der Waals surface area contributed by atoms with E-state index in [1.807, 2.05) is 18.6 Å². The molecule has 1 aromatic heterocycles. The molecule has 1 N–H and O–H groups in total. The summed E-state index contributed by atoms with van der Waals surface area (Å²) in [6.45, 7) is 1.93. The van der Waals surface area contributed by atoms with E-state index in [1.54, 1.807) is 12.1 Å². The Morgan fingerprint density at radius 3 is 3.10 bits per heavy atom. The number of imidazole rings is 1. The van der Waals surface area contributed by atoms with Crippen LogP contribution in [-0.4, -0.2) is 16.1 Å². The third kappa shape index (κ3) is 3.07. The first kappa shape index (κ1) is 13.3. The van der Waals surface area contributed by atoms with Gasteiger partial charge in [-0.1, -0.05) is 18.6 Å². The van der Waals surface area contributed by atoms with E-state index in [4.69, 9.17) is 0 Å². The van der Waals surface area contributed by atoms with Gasteiger partial charge in [-0.25, -0.2) is 9.37 Å². The van der Waals surface area contributed by atoms with Crippen molar-refractivity contribution in [3.63, 3.8) is 0 Å². The maximum Gasteiger partial charge on any atom is 0.123 e. The van der Waals surface area contributed by atoms with Crippen LogP contribution in [-0.2, 0) is 13.0 Å². The molecule has 1 saturated heterocycles. The van der Waals surface area contributed by atoms with Gasteiger partial charge in [-0.2, -0.15) is 0 Å². The first-order chi connectivity index (χ1) is 9.83. The molecule has 0 spiro atoms. The second-order valence-electron chi connectivity index (χ2n) is 5.39. The van der Waals surface area contributed by atoms with Gasteiger partial charge in [0.15, 0.2) is 0 Å². The fourth-order valence-corrected chi connectivity index (χ4v) is 2.85. The van der Waals surface area contributed by atoms with Gasteiger partial charge in [-0.15, -0.1) is 0 Å². The highest BCUT2D eigenvalue weighted by Gasteiger charge is 2.18. The molecule has 1 aliphatic rings. The van der Waals surface area contributed by atoms with E-state index >= 15 is 0 Å². The Balaban J connectivity index is 1.67. The van der Waals surface area contributed by atoms with Crippen molar-refractivity contribution in [1.82, 2.24) is 14.9 Å². The first-order valence-electron chi connectivity index (χ1n) is 7.31. The zero-order valence-electron chi connectivity index (χ0n) is 11.6. The van der Waals surface area contributed by atoms with E-state index in [0.29, 0.717) is 6.04 Å². The Bertz CT molecular complexity index is 558. The Kier molecular flexibility index (Phi) is 4.11. The summed E-state index contributed by atoms with van der Waals surface area (Å²) >= 11 is 0. The molecule has 2 aromatic rings. The molecule has 1 aliphatic heterocycles. The monoisotopic (exact) mass is 273 g/mol. The van der Waals surface area contributed by atoms with E-state index in [-0.39, 0.29) is 5.82 Å². The lowest BCUT2D eigenvalue weighted by Gasteiger charge is -2.24. The van der Waals surface area contributed by atoms with Crippen LogP contribution in [0, 0.1) is 5.82 Å². The molecule has 106 valence electrons. The molecule has 2 heterocycles. The van der Waals surface area contributed by atoms with Gasteiger partial charge in [-0.3, -0.25) is 0 Å². The fourth-order valence-electron chi connectivity index (χ4n) is 2.85. The van der Waals surface area contributed by atoms with Gasteiger partial charge < -0.3 is 9.88 Å². The Hall–Kier alpha value is -1.68. The minimum Gasteiger partial charge on any atom is -0.333 e. The molecule has 0 amide bonds. The van der Waals surface area contributed by atoms with E-state index in [0.717, 1.165) is 25.1 Å². The first-order valence-corrected chi connectivity index (χ1v) is 7.31. The second kappa shape index (κ2) is 6.18. The number of hydrogen-bond acceptors (Lipinski definition) is 2. The highest BCUT2D eigenvalue weighted by molar-refractivity contribution is 5.16. The summed E-state index contributed by atoms with van der Waals surface area (Å²) in [5.74, 6) is -0.165. The molecule has 0 radical (unpaired) electrons. The molecule has 1 atom stereocenters. The number of aromatic nitrogens is 2. The molecule has 1 aromatic carbocycles. The summed E-state index contributed by atoms with van der Waals surface area (Å²) in [6, 6.07) is 7.24. The minimum atomic E-state index is -0.165. The lowest BCUT2D eigenvalue weighted by molar-refractivity contribution is 0.393. The molecule has 3 nitrogen and oxygen atoms in total. The van der Waals surface area contributed by atoms with Crippen molar-refractivity contribution in [3.05, 3.63) is 53.9 Å². The van der Waals surface area contributed by atoms with Gasteiger partial charge in [-0.05, 0) is 43.5 Å². The zero-order valence-corrected chi connectivity index (χ0v) is 11.6. The van der Waals surface area contributed by atoms with Gasteiger partial charge in [0.05, 0.1) is 12.0 Å². The van der Waals surface area contributed by atoms with E-state index in [9.17, 15) is 4.39 Å². The third-order valence-corrected chi connectivity index (χ3v) is 3.94. The zero-order chi connectivity index (χ0) is 13.8. The Labute approximate surface area is 118 Å². The highest BCUT2D eigenvalue weighted by atomic mass is 19.1. The van der Waals surface area contributed by atoms with Crippen LogP contribution in [0.3, 0.4) is 0 Å². The molecule has 4 heteroatoms. The van der Waals surface area contributed by atoms with Crippen LogP contribution in [0.4, 0.5) is 4.39 Å². The van der Waals surface area contributed by atoms with Crippen LogP contribution in [0.2, 0.25) is 0 Å². The number of halogens is 1. The molecular formula is C16H20FN3. The molecule has 1 fully saturated rings. The predicted molar refractivity (Wildman–Crippen MR) is 76.9 cm³/mol. The maximum absolute atomic E-state index is 13.2. The molecular weight excluding hydrogens is 253 g/mol. The summed E-state index contributed by atoms with van der Waals surface area (Å²) in [7, 11) is 0. The average molecular weight is 273 g/mol. The van der Waals surface area contributed by atoms with Crippen molar-refractivity contribution in [2.24, 2.45) is 0 Å². The van der Waals surface area contributed by atoms with Crippen LogP contribution < -0.4 is 5.32 Å². The molecule has 0 saturated carbocycles. The molecule has 20 heavy (non-hydrogen) atoms. The average Bonchev–Trinajstić information content (AvgIpc) is 2.95. The minimum absolute atomic E-state index is 0.165. The number of aryl methyl sites for hydroxylation is 2. The second-order valence-corrected chi connectivity index (χ2v) is 5.39. The number of nitrogens with zero attached hydrogens (tertiary/aromatic N) is 2. The number of hydrogen-bond donors (Lipinski definition) is 1. The maximum atomic E-state index is 13.2. The highest BCUT2D eigenvalue weighted by Crippen LogP contribution is 2.22. The van der Waals surface area contributed by atoms with E-state index in [2.05, 4.69) is 14.9 Å². The van der Waals surface area contributed by atoms with Crippen molar-refractivity contribution in [2.75, 3.05) is 6.54 Å². The summed E-state index contributed by atoms with van der Waals surface area (Å²) in [5.41, 5.74) is 2.28. The van der Waals surface area contributed by atoms with Crippen molar-refractivity contribution < 1.29 is 4.39 Å². The largest absolute Gasteiger partial charge is 0.333 e. The SMILES string of the molecule is Fc1cccc(CCn2cncc2C2CCCCN2)c1. The van der Waals surface area contributed by atoms with Crippen LogP contribution in [0.1, 0.15) is 36.6 Å². The molecule has 3 rings (SSSR count). The van der Waals surface area contributed by atoms with Crippen LogP contribution >= 0.6 is 0 Å². The van der Waals surface area contributed by atoms with E-state index in [1.165, 1.54) is 31.0 Å². The van der Waals surface area contributed by atoms with Crippen LogP contribution in [0.5, 0.6) is 0 Å². The normalized spacial score (nSPS) is 19.1. The lowest BCUT2D eigenvalue weighted by atomic mass is 10.0. The number of nitrogens with one attached hydrogen (secondary N) is 1. The van der Waals surface area contributed by atoms with Gasteiger partial charge in [0.1, 0.15) is 5.82 Å². The third-order valence-electron chi connectivity index (χ3n) is 3.94. The van der Waals surface area contributed by atoms with Crippen LogP contribution in [0.15, 0.2) is 36.8 Å². The Morgan fingerprint density at radius 2 is 2.30 bits per heavy atom. The van der Waals surface area contributed by atoms with E-state index < -0.39 is 0 Å². The molecule has 0 bridgehead atoms. The summed E-state index contributed by atoms with van der Waals surface area (Å²) < 4.78 is 15.4. The van der Waals surface area contributed by atoms with Gasteiger partial charge in [0.25, 0.3) is 0 Å². The van der Waals surface area contributed by atoms with Gasteiger partial charge in [0, 0.05) is 18.8 Å². The van der Waals surface area contributed by atoms with Crippen molar-refractivity contribution in [3.8, 4) is 0 Å². The molecule has 0 aliphatic carbocycles. The number of benzene rings is 1. The summed E-state index contributed by atoms with van der Waals surface area (Å²) in [5, 5.41) is 3.55. The lowest BCUT2D eigenvalue weighted by Crippen LogP contribution is -2.28. The number of rotatable bonds is 4. The fraction of sp³-hybridized carbons (Fsp3) is 0.438. The van der Waals surface area contributed by atoms with Gasteiger partial charge >= 0.3 is 0 Å². The topological polar surface area (TPSA) is 29.9 Å².